The van der Waals surface area contributed by atoms with Crippen molar-refractivity contribution < 1.29 is 28.5 Å². The number of fused-ring (bicyclic) bond motifs is 1. The minimum Gasteiger partial charge on any atom is -0.495 e. The van der Waals surface area contributed by atoms with Crippen LogP contribution in [0.3, 0.4) is 0 Å². The Morgan fingerprint density at radius 2 is 1.95 bits per heavy atom. The largest absolute Gasteiger partial charge is 0.495 e. The third-order valence-electron chi connectivity index (χ3n) is 7.00. The molecule has 4 rings (SSSR count). The number of ether oxygens (including phenoxy) is 4. The summed E-state index contributed by atoms with van der Waals surface area (Å²) < 4.78 is 23.4. The fourth-order valence-corrected chi connectivity index (χ4v) is 5.20. The van der Waals surface area contributed by atoms with Gasteiger partial charge in [-0.2, -0.15) is 0 Å². The second-order valence-electron chi connectivity index (χ2n) is 9.15. The summed E-state index contributed by atoms with van der Waals surface area (Å²) in [5, 5.41) is 4.44. The van der Waals surface area contributed by atoms with E-state index in [1.54, 1.807) is 33.3 Å². The number of aromatic nitrogens is 1. The molecule has 198 valence electrons. The summed E-state index contributed by atoms with van der Waals surface area (Å²) in [5.74, 6) is -0.366. The number of hydrogen-bond acceptors (Lipinski definition) is 6. The van der Waals surface area contributed by atoms with Crippen LogP contribution in [-0.4, -0.2) is 57.1 Å². The lowest BCUT2D eigenvalue weighted by Crippen LogP contribution is -2.47. The standard InChI is InChI=1S/C28H33ClN2O6/c1-5-37-27(33)20(12-14-34-3)18-6-8-19(9-7-18)28(13-15-36-17-28)30-26(32)23-16-21-22(31(23)2)10-11-24(35-4)25(21)29/h6-11,16,20H,5,12-15,17H2,1-4H3,(H,30,32). The molecule has 37 heavy (non-hydrogen) atoms. The van der Waals surface area contributed by atoms with Crippen molar-refractivity contribution in [2.24, 2.45) is 7.05 Å². The van der Waals surface area contributed by atoms with E-state index in [0.717, 1.165) is 22.0 Å². The lowest BCUT2D eigenvalue weighted by atomic mass is 9.86. The number of carbonyl (C=O) groups excluding carboxylic acids is 2. The molecule has 0 radical (unpaired) electrons. The first-order chi connectivity index (χ1) is 17.8. The van der Waals surface area contributed by atoms with Crippen LogP contribution in [0.1, 0.15) is 47.3 Å². The average Bonchev–Trinajstić information content (AvgIpc) is 3.51. The predicted molar refractivity (Wildman–Crippen MR) is 141 cm³/mol. The highest BCUT2D eigenvalue weighted by Gasteiger charge is 2.39. The van der Waals surface area contributed by atoms with Gasteiger partial charge in [0.1, 0.15) is 11.4 Å². The van der Waals surface area contributed by atoms with Gasteiger partial charge < -0.3 is 28.8 Å². The maximum absolute atomic E-state index is 13.6. The predicted octanol–water partition coefficient (Wildman–Crippen LogP) is 4.57. The lowest BCUT2D eigenvalue weighted by molar-refractivity contribution is -0.145. The Balaban J connectivity index is 1.62. The summed E-state index contributed by atoms with van der Waals surface area (Å²) >= 11 is 6.51. The molecule has 2 atom stereocenters. The van der Waals surface area contributed by atoms with Gasteiger partial charge in [0.2, 0.25) is 0 Å². The number of esters is 1. The molecule has 3 aromatic rings. The number of aryl methyl sites for hydroxylation is 1. The number of carbonyl (C=O) groups is 2. The third kappa shape index (κ3) is 5.32. The van der Waals surface area contributed by atoms with Crippen LogP contribution < -0.4 is 10.1 Å². The number of hydrogen-bond donors (Lipinski definition) is 1. The molecular formula is C28H33ClN2O6. The molecule has 1 amide bonds. The normalized spacial score (nSPS) is 18.1. The van der Waals surface area contributed by atoms with Crippen LogP contribution in [-0.2, 0) is 31.6 Å². The van der Waals surface area contributed by atoms with E-state index in [2.05, 4.69) is 5.32 Å². The summed E-state index contributed by atoms with van der Waals surface area (Å²) in [6.45, 7) is 3.43. The van der Waals surface area contributed by atoms with Crippen molar-refractivity contribution in [1.82, 2.24) is 9.88 Å². The highest BCUT2D eigenvalue weighted by atomic mass is 35.5. The lowest BCUT2D eigenvalue weighted by Gasteiger charge is -2.30. The van der Waals surface area contributed by atoms with E-state index < -0.39 is 11.5 Å². The summed E-state index contributed by atoms with van der Waals surface area (Å²) in [6.07, 6.45) is 1.15. The summed E-state index contributed by atoms with van der Waals surface area (Å²) in [5.41, 5.74) is 2.37. The Morgan fingerprint density at radius 1 is 1.19 bits per heavy atom. The van der Waals surface area contributed by atoms with Gasteiger partial charge in [-0.05, 0) is 42.7 Å². The Bertz CT molecular complexity index is 1260. The van der Waals surface area contributed by atoms with Crippen molar-refractivity contribution in [1.29, 1.82) is 0 Å². The molecule has 9 heteroatoms. The number of rotatable bonds is 10. The topological polar surface area (TPSA) is 88.0 Å². The smallest absolute Gasteiger partial charge is 0.313 e. The van der Waals surface area contributed by atoms with Gasteiger partial charge in [-0.3, -0.25) is 9.59 Å². The molecule has 1 aromatic heterocycles. The molecule has 1 aliphatic heterocycles. The molecule has 2 aromatic carbocycles. The van der Waals surface area contributed by atoms with E-state index in [4.69, 9.17) is 30.5 Å². The van der Waals surface area contributed by atoms with Crippen molar-refractivity contribution in [2.45, 2.75) is 31.2 Å². The van der Waals surface area contributed by atoms with Crippen molar-refractivity contribution >= 4 is 34.4 Å². The van der Waals surface area contributed by atoms with Crippen LogP contribution in [0.4, 0.5) is 0 Å². The fourth-order valence-electron chi connectivity index (χ4n) is 4.91. The number of amides is 1. The zero-order valence-corrected chi connectivity index (χ0v) is 22.4. The van der Waals surface area contributed by atoms with Crippen LogP contribution in [0.25, 0.3) is 10.9 Å². The summed E-state index contributed by atoms with van der Waals surface area (Å²) in [7, 11) is 5.01. The monoisotopic (exact) mass is 528 g/mol. The number of methoxy groups -OCH3 is 2. The maximum Gasteiger partial charge on any atom is 0.313 e. The summed E-state index contributed by atoms with van der Waals surface area (Å²) in [6, 6.07) is 13.2. The molecular weight excluding hydrogens is 496 g/mol. The van der Waals surface area contributed by atoms with E-state index in [1.165, 1.54) is 0 Å². The molecule has 0 spiro atoms. The molecule has 0 bridgehead atoms. The Kier molecular flexibility index (Phi) is 8.42. The number of benzene rings is 2. The van der Waals surface area contributed by atoms with E-state index in [0.29, 0.717) is 55.7 Å². The van der Waals surface area contributed by atoms with Gasteiger partial charge in [-0.25, -0.2) is 0 Å². The van der Waals surface area contributed by atoms with Gasteiger partial charge in [0.15, 0.2) is 0 Å². The van der Waals surface area contributed by atoms with E-state index in [1.807, 2.05) is 41.9 Å². The first kappa shape index (κ1) is 27.0. The molecule has 0 saturated carbocycles. The third-order valence-corrected chi connectivity index (χ3v) is 7.39. The van der Waals surface area contributed by atoms with Gasteiger partial charge in [-0.1, -0.05) is 35.9 Å². The van der Waals surface area contributed by atoms with Gasteiger partial charge in [0, 0.05) is 39.2 Å². The van der Waals surface area contributed by atoms with Crippen molar-refractivity contribution in [3.8, 4) is 5.75 Å². The van der Waals surface area contributed by atoms with Crippen LogP contribution in [0, 0.1) is 0 Å². The molecule has 1 fully saturated rings. The molecule has 2 unspecified atom stereocenters. The van der Waals surface area contributed by atoms with E-state index >= 15 is 0 Å². The molecule has 0 aliphatic carbocycles. The Morgan fingerprint density at radius 3 is 2.57 bits per heavy atom. The molecule has 1 aliphatic rings. The molecule has 1 N–H and O–H groups in total. The van der Waals surface area contributed by atoms with Gasteiger partial charge in [0.25, 0.3) is 5.91 Å². The second-order valence-corrected chi connectivity index (χ2v) is 9.53. The second kappa shape index (κ2) is 11.5. The Hall–Kier alpha value is -3.07. The zero-order chi connectivity index (χ0) is 26.6. The SMILES string of the molecule is CCOC(=O)C(CCOC)c1ccc(C2(NC(=O)c3cc4c(Cl)c(OC)ccc4n3C)CCOC2)cc1. The minimum absolute atomic E-state index is 0.229. The highest BCUT2D eigenvalue weighted by Crippen LogP contribution is 2.36. The highest BCUT2D eigenvalue weighted by molar-refractivity contribution is 6.37. The van der Waals surface area contributed by atoms with E-state index in [-0.39, 0.29) is 11.9 Å². The average molecular weight is 529 g/mol. The van der Waals surface area contributed by atoms with Gasteiger partial charge in [-0.15, -0.1) is 0 Å². The van der Waals surface area contributed by atoms with Gasteiger partial charge in [0.05, 0.1) is 42.3 Å². The van der Waals surface area contributed by atoms with E-state index in [9.17, 15) is 9.59 Å². The number of halogens is 1. The molecule has 2 heterocycles. The number of nitrogens with zero attached hydrogens (tertiary/aromatic N) is 1. The fraction of sp³-hybridized carbons (Fsp3) is 0.429. The van der Waals surface area contributed by atoms with Crippen LogP contribution in [0.2, 0.25) is 5.02 Å². The van der Waals surface area contributed by atoms with Crippen LogP contribution >= 0.6 is 11.6 Å². The van der Waals surface area contributed by atoms with Crippen molar-refractivity contribution in [2.75, 3.05) is 40.6 Å². The van der Waals surface area contributed by atoms with Crippen LogP contribution in [0.5, 0.6) is 5.75 Å². The van der Waals surface area contributed by atoms with Gasteiger partial charge >= 0.3 is 5.97 Å². The zero-order valence-electron chi connectivity index (χ0n) is 21.6. The quantitative estimate of drug-likeness (QED) is 0.388. The number of nitrogens with one attached hydrogen (secondary N) is 1. The van der Waals surface area contributed by atoms with Crippen molar-refractivity contribution in [3.05, 3.63) is 64.3 Å². The first-order valence-electron chi connectivity index (χ1n) is 12.3. The minimum atomic E-state index is -0.695. The van der Waals surface area contributed by atoms with Crippen molar-refractivity contribution in [3.63, 3.8) is 0 Å². The summed E-state index contributed by atoms with van der Waals surface area (Å²) in [4.78, 5) is 26.1. The van der Waals surface area contributed by atoms with Crippen LogP contribution in [0.15, 0.2) is 42.5 Å². The molecule has 8 nitrogen and oxygen atoms in total. The Labute approximate surface area is 221 Å². The first-order valence-corrected chi connectivity index (χ1v) is 12.7. The maximum atomic E-state index is 13.6. The molecule has 1 saturated heterocycles.